The number of hydrogen-bond acceptors (Lipinski definition) is 1. The Balaban J connectivity index is 2.44. The molecule has 3 atom stereocenters. The van der Waals surface area contributed by atoms with Gasteiger partial charge in [-0.05, 0) is 12.8 Å². The first-order chi connectivity index (χ1) is 3.64. The monoisotopic (exact) mass is 176 g/mol. The van der Waals surface area contributed by atoms with Gasteiger partial charge in [-0.1, -0.05) is 22.9 Å². The van der Waals surface area contributed by atoms with Crippen molar-refractivity contribution >= 4 is 21.7 Å². The average Bonchev–Trinajstić information content (AvgIpc) is 2.15. The number of Topliss-reactive ketones (excluding diaryl/α,β-unsaturated/α-hetero) is 1. The predicted octanol–water partition coefficient (Wildman–Crippen LogP) is 1.60. The fourth-order valence-electron chi connectivity index (χ4n) is 1.01. The molecule has 0 spiro atoms. The molecule has 46 valence electrons. The summed E-state index contributed by atoms with van der Waals surface area (Å²) in [6.45, 7) is 3.74. The zero-order valence-electron chi connectivity index (χ0n) is 5.02. The Morgan fingerprint density at radius 1 is 1.62 bits per heavy atom. The zero-order chi connectivity index (χ0) is 6.31. The van der Waals surface area contributed by atoms with Crippen LogP contribution in [0, 0.1) is 11.8 Å². The lowest BCUT2D eigenvalue weighted by Gasteiger charge is -1.81. The van der Waals surface area contributed by atoms with Gasteiger partial charge in [-0.2, -0.15) is 0 Å². The standard InChI is InChI=1S/C6H9BrO/c1-3-5(4(2)8)6(3)7/h3,5-6H,1-2H3/t3-,5+,6+/m0/s1. The van der Waals surface area contributed by atoms with Crippen LogP contribution in [0.3, 0.4) is 0 Å². The second-order valence-electron chi connectivity index (χ2n) is 2.44. The Morgan fingerprint density at radius 2 is 2.00 bits per heavy atom. The smallest absolute Gasteiger partial charge is 0.134 e. The molecule has 0 radical (unpaired) electrons. The van der Waals surface area contributed by atoms with Crippen molar-refractivity contribution < 1.29 is 4.79 Å². The minimum Gasteiger partial charge on any atom is -0.300 e. The topological polar surface area (TPSA) is 17.1 Å². The maximum Gasteiger partial charge on any atom is 0.134 e. The first-order valence-electron chi connectivity index (χ1n) is 2.79. The van der Waals surface area contributed by atoms with Crippen molar-refractivity contribution in [3.8, 4) is 0 Å². The second-order valence-corrected chi connectivity index (χ2v) is 3.50. The van der Waals surface area contributed by atoms with Gasteiger partial charge >= 0.3 is 0 Å². The lowest BCUT2D eigenvalue weighted by Crippen LogP contribution is -1.94. The summed E-state index contributed by atoms with van der Waals surface area (Å²) in [4.78, 5) is 11.1. The molecule has 0 N–H and O–H groups in total. The van der Waals surface area contributed by atoms with Gasteiger partial charge in [0.2, 0.25) is 0 Å². The third-order valence-electron chi connectivity index (χ3n) is 1.74. The van der Waals surface area contributed by atoms with Crippen molar-refractivity contribution in [3.63, 3.8) is 0 Å². The molecule has 8 heavy (non-hydrogen) atoms. The molecule has 1 saturated carbocycles. The summed E-state index contributed by atoms with van der Waals surface area (Å²) < 4.78 is 0. The molecule has 1 nitrogen and oxygen atoms in total. The Kier molecular flexibility index (Phi) is 1.44. The molecule has 0 unspecified atom stereocenters. The van der Waals surface area contributed by atoms with E-state index < -0.39 is 0 Å². The van der Waals surface area contributed by atoms with Gasteiger partial charge in [-0.3, -0.25) is 4.79 Å². The van der Waals surface area contributed by atoms with Gasteiger partial charge in [0.05, 0.1) is 0 Å². The van der Waals surface area contributed by atoms with E-state index in [2.05, 4.69) is 22.9 Å². The molecule has 0 aromatic carbocycles. The van der Waals surface area contributed by atoms with Crippen molar-refractivity contribution in [2.24, 2.45) is 11.8 Å². The highest BCUT2D eigenvalue weighted by molar-refractivity contribution is 9.09. The van der Waals surface area contributed by atoms with Crippen molar-refractivity contribution in [2.45, 2.75) is 18.7 Å². The van der Waals surface area contributed by atoms with Crippen LogP contribution in [0.4, 0.5) is 0 Å². The second kappa shape index (κ2) is 1.83. The van der Waals surface area contributed by atoms with E-state index in [1.165, 1.54) is 0 Å². The van der Waals surface area contributed by atoms with Gasteiger partial charge in [-0.25, -0.2) is 0 Å². The number of halogens is 1. The number of ketones is 1. The highest BCUT2D eigenvalue weighted by Crippen LogP contribution is 2.45. The highest BCUT2D eigenvalue weighted by atomic mass is 79.9. The normalized spacial score (nSPS) is 44.1. The lowest BCUT2D eigenvalue weighted by molar-refractivity contribution is -0.118. The van der Waals surface area contributed by atoms with Gasteiger partial charge < -0.3 is 0 Å². The summed E-state index contributed by atoms with van der Waals surface area (Å²) in [5.74, 6) is 1.21. The fraction of sp³-hybridized carbons (Fsp3) is 0.833. The number of alkyl halides is 1. The number of hydrogen-bond donors (Lipinski definition) is 0. The molecular weight excluding hydrogens is 168 g/mol. The molecule has 0 amide bonds. The molecule has 1 aliphatic carbocycles. The van der Waals surface area contributed by atoms with Gasteiger partial charge in [0.15, 0.2) is 0 Å². The van der Waals surface area contributed by atoms with Crippen LogP contribution in [0.2, 0.25) is 0 Å². The van der Waals surface area contributed by atoms with Gasteiger partial charge in [0.25, 0.3) is 0 Å². The zero-order valence-corrected chi connectivity index (χ0v) is 6.60. The summed E-state index contributed by atoms with van der Waals surface area (Å²) in [6.07, 6.45) is 0. The summed E-state index contributed by atoms with van der Waals surface area (Å²) >= 11 is 3.39. The molecule has 1 fully saturated rings. The van der Waals surface area contributed by atoms with E-state index in [1.54, 1.807) is 6.92 Å². The van der Waals surface area contributed by atoms with E-state index in [0.717, 1.165) is 0 Å². The molecule has 0 bridgehead atoms. The van der Waals surface area contributed by atoms with Crippen molar-refractivity contribution in [2.75, 3.05) is 0 Å². The van der Waals surface area contributed by atoms with E-state index in [4.69, 9.17) is 0 Å². The minimum absolute atomic E-state index is 0.315. The summed E-state index contributed by atoms with van der Waals surface area (Å²) in [5, 5.41) is 0. The molecule has 0 heterocycles. The van der Waals surface area contributed by atoms with Crippen molar-refractivity contribution in [3.05, 3.63) is 0 Å². The first-order valence-corrected chi connectivity index (χ1v) is 3.70. The van der Waals surface area contributed by atoms with Gasteiger partial charge in [-0.15, -0.1) is 0 Å². The van der Waals surface area contributed by atoms with Crippen LogP contribution < -0.4 is 0 Å². The highest BCUT2D eigenvalue weighted by Gasteiger charge is 2.47. The third-order valence-corrected chi connectivity index (χ3v) is 3.14. The molecule has 0 saturated heterocycles. The van der Waals surface area contributed by atoms with E-state index in [1.807, 2.05) is 0 Å². The van der Waals surface area contributed by atoms with Crippen LogP contribution in [-0.2, 0) is 4.79 Å². The maximum atomic E-state index is 10.6. The lowest BCUT2D eigenvalue weighted by atomic mass is 10.2. The Morgan fingerprint density at radius 3 is 2.00 bits per heavy atom. The molecule has 0 aromatic rings. The average molecular weight is 177 g/mol. The van der Waals surface area contributed by atoms with E-state index >= 15 is 0 Å². The van der Waals surface area contributed by atoms with E-state index in [9.17, 15) is 4.79 Å². The van der Waals surface area contributed by atoms with E-state index in [-0.39, 0.29) is 0 Å². The fourth-order valence-corrected chi connectivity index (χ4v) is 2.01. The van der Waals surface area contributed by atoms with Crippen molar-refractivity contribution in [1.29, 1.82) is 0 Å². The number of carbonyl (C=O) groups excluding carboxylic acids is 1. The Bertz CT molecular complexity index is 114. The molecule has 1 rings (SSSR count). The quantitative estimate of drug-likeness (QED) is 0.556. The Labute approximate surface area is 57.6 Å². The van der Waals surface area contributed by atoms with Crippen LogP contribution in [0.5, 0.6) is 0 Å². The van der Waals surface area contributed by atoms with Gasteiger partial charge in [0.1, 0.15) is 5.78 Å². The number of rotatable bonds is 1. The van der Waals surface area contributed by atoms with Gasteiger partial charge in [0, 0.05) is 10.7 Å². The Hall–Kier alpha value is 0.150. The minimum atomic E-state index is 0.315. The predicted molar refractivity (Wildman–Crippen MR) is 36.0 cm³/mol. The first kappa shape index (κ1) is 6.27. The summed E-state index contributed by atoms with van der Waals surface area (Å²) in [6, 6.07) is 0. The third kappa shape index (κ3) is 0.815. The maximum absolute atomic E-state index is 10.6. The number of carbonyl (C=O) groups is 1. The van der Waals surface area contributed by atoms with Crippen LogP contribution in [0.1, 0.15) is 13.8 Å². The summed E-state index contributed by atoms with van der Waals surface area (Å²) in [5.41, 5.74) is 0. The largest absolute Gasteiger partial charge is 0.300 e. The molecule has 1 aliphatic rings. The molecule has 2 heteroatoms. The van der Waals surface area contributed by atoms with Crippen LogP contribution in [-0.4, -0.2) is 10.6 Å². The van der Waals surface area contributed by atoms with Crippen molar-refractivity contribution in [1.82, 2.24) is 0 Å². The molecule has 0 aromatic heterocycles. The SMILES string of the molecule is CC(=O)[C@H]1[C@H](C)[C@H]1Br. The summed E-state index contributed by atoms with van der Waals surface area (Å²) in [7, 11) is 0. The van der Waals surface area contributed by atoms with E-state index in [0.29, 0.717) is 22.4 Å². The van der Waals surface area contributed by atoms with Crippen LogP contribution >= 0.6 is 15.9 Å². The van der Waals surface area contributed by atoms with Crippen LogP contribution in [0.15, 0.2) is 0 Å². The molecular formula is C6H9BrO. The van der Waals surface area contributed by atoms with Crippen LogP contribution in [0.25, 0.3) is 0 Å². The molecule has 0 aliphatic heterocycles.